The molecule has 0 aliphatic rings. The van der Waals surface area contributed by atoms with Crippen molar-refractivity contribution in [3.05, 3.63) is 35.9 Å². The van der Waals surface area contributed by atoms with Gasteiger partial charge in [-0.25, -0.2) is 0 Å². The van der Waals surface area contributed by atoms with Crippen LogP contribution >= 0.6 is 0 Å². The first-order chi connectivity index (χ1) is 9.13. The quantitative estimate of drug-likeness (QED) is 0.722. The highest BCUT2D eigenvalue weighted by atomic mass is 16.5. The first-order valence-electron chi connectivity index (χ1n) is 6.33. The van der Waals surface area contributed by atoms with Crippen LogP contribution in [0.5, 0.6) is 0 Å². The lowest BCUT2D eigenvalue weighted by molar-refractivity contribution is -0.130. The van der Waals surface area contributed by atoms with E-state index in [1.54, 1.807) is 6.92 Å². The van der Waals surface area contributed by atoms with Gasteiger partial charge in [-0.1, -0.05) is 30.3 Å². The average Bonchev–Trinajstić information content (AvgIpc) is 2.42. The molecule has 0 fully saturated rings. The molecule has 1 rings (SSSR count). The minimum absolute atomic E-state index is 0.0500. The van der Waals surface area contributed by atoms with E-state index in [2.05, 4.69) is 5.32 Å². The van der Waals surface area contributed by atoms with Gasteiger partial charge in [0.15, 0.2) is 0 Å². The number of ether oxygens (including phenoxy) is 1. The zero-order valence-corrected chi connectivity index (χ0v) is 11.1. The maximum absolute atomic E-state index is 11.5. The van der Waals surface area contributed by atoms with E-state index in [0.717, 1.165) is 5.56 Å². The minimum atomic E-state index is -0.659. The van der Waals surface area contributed by atoms with Crippen molar-refractivity contribution in [3.8, 4) is 0 Å². The zero-order chi connectivity index (χ0) is 14.1. The van der Waals surface area contributed by atoms with Gasteiger partial charge in [0.25, 0.3) is 0 Å². The van der Waals surface area contributed by atoms with Gasteiger partial charge in [-0.15, -0.1) is 0 Å². The molecule has 0 saturated carbocycles. The molecule has 2 amide bonds. The van der Waals surface area contributed by atoms with Crippen LogP contribution in [0.3, 0.4) is 0 Å². The van der Waals surface area contributed by atoms with Gasteiger partial charge in [-0.05, 0) is 25.3 Å². The number of amides is 2. The van der Waals surface area contributed by atoms with Crippen LogP contribution in [0.15, 0.2) is 30.3 Å². The monoisotopic (exact) mass is 264 g/mol. The zero-order valence-electron chi connectivity index (χ0n) is 11.1. The van der Waals surface area contributed by atoms with E-state index < -0.39 is 11.9 Å². The van der Waals surface area contributed by atoms with Crippen molar-refractivity contribution in [2.45, 2.75) is 25.8 Å². The molecular formula is C14H20N2O3. The molecule has 0 saturated heterocycles. The Hall–Kier alpha value is -1.88. The van der Waals surface area contributed by atoms with Crippen molar-refractivity contribution in [1.82, 2.24) is 5.32 Å². The normalized spacial score (nSPS) is 11.8. The molecule has 19 heavy (non-hydrogen) atoms. The van der Waals surface area contributed by atoms with Gasteiger partial charge in [-0.2, -0.15) is 0 Å². The highest BCUT2D eigenvalue weighted by Gasteiger charge is 2.17. The van der Waals surface area contributed by atoms with Crippen LogP contribution < -0.4 is 11.1 Å². The minimum Gasteiger partial charge on any atom is -0.372 e. The van der Waals surface area contributed by atoms with Crippen molar-refractivity contribution >= 4 is 11.8 Å². The Morgan fingerprint density at radius 1 is 1.32 bits per heavy atom. The Balaban J connectivity index is 2.45. The fourth-order valence-electron chi connectivity index (χ4n) is 1.67. The van der Waals surface area contributed by atoms with Gasteiger partial charge in [0, 0.05) is 6.61 Å². The molecule has 1 atom stereocenters. The first kappa shape index (κ1) is 15.2. The molecule has 0 heterocycles. The second-order valence-corrected chi connectivity index (χ2v) is 4.18. The third kappa shape index (κ3) is 6.01. The molecule has 0 unspecified atom stereocenters. The number of nitrogens with two attached hydrogens (primary N) is 1. The summed E-state index contributed by atoms with van der Waals surface area (Å²) in [7, 11) is 0. The van der Waals surface area contributed by atoms with Crippen LogP contribution in [0.1, 0.15) is 18.9 Å². The second kappa shape index (κ2) is 8.26. The van der Waals surface area contributed by atoms with E-state index in [4.69, 9.17) is 10.5 Å². The van der Waals surface area contributed by atoms with Crippen molar-refractivity contribution < 1.29 is 14.3 Å². The third-order valence-corrected chi connectivity index (χ3v) is 2.68. The maximum Gasteiger partial charge on any atom is 0.246 e. The number of aryl methyl sites for hydroxylation is 1. The van der Waals surface area contributed by atoms with E-state index in [1.165, 1.54) is 0 Å². The number of rotatable bonds is 8. The van der Waals surface area contributed by atoms with Crippen molar-refractivity contribution in [1.29, 1.82) is 0 Å². The first-order valence-corrected chi connectivity index (χ1v) is 6.33. The summed E-state index contributed by atoms with van der Waals surface area (Å²) in [6.07, 6.45) is 1.17. The smallest absolute Gasteiger partial charge is 0.246 e. The number of benzene rings is 1. The molecule has 1 aromatic rings. The number of hydrogen-bond donors (Lipinski definition) is 2. The summed E-state index contributed by atoms with van der Waals surface area (Å²) in [5.74, 6) is -0.848. The van der Waals surface area contributed by atoms with Gasteiger partial charge in [0.05, 0.1) is 0 Å². The van der Waals surface area contributed by atoms with Crippen molar-refractivity contribution in [2.75, 3.05) is 13.2 Å². The molecular weight excluding hydrogens is 244 g/mol. The molecule has 104 valence electrons. The van der Waals surface area contributed by atoms with Crippen molar-refractivity contribution in [2.24, 2.45) is 5.73 Å². The third-order valence-electron chi connectivity index (χ3n) is 2.68. The second-order valence-electron chi connectivity index (χ2n) is 4.18. The Kier molecular flexibility index (Phi) is 6.60. The van der Waals surface area contributed by atoms with E-state index >= 15 is 0 Å². The van der Waals surface area contributed by atoms with Crippen LogP contribution in [0.4, 0.5) is 0 Å². The number of carbonyl (C=O) groups is 2. The summed E-state index contributed by atoms with van der Waals surface area (Å²) >= 11 is 0. The molecule has 1 aromatic carbocycles. The molecule has 5 heteroatoms. The Morgan fingerprint density at radius 3 is 2.58 bits per heavy atom. The van der Waals surface area contributed by atoms with Crippen LogP contribution in [0.25, 0.3) is 0 Å². The summed E-state index contributed by atoms with van der Waals surface area (Å²) in [6.45, 7) is 2.21. The number of primary amides is 1. The standard InChI is InChI=1S/C14H20N2O3/c1-2-19-10-13(17)16-12(14(15)18)9-8-11-6-4-3-5-7-11/h3-7,12H,2,8-10H2,1H3,(H2,15,18)(H,16,17)/t12-/m1/s1. The maximum atomic E-state index is 11.5. The SMILES string of the molecule is CCOCC(=O)N[C@H](CCc1ccccc1)C(N)=O. The Bertz CT molecular complexity index is 406. The number of hydrogen-bond acceptors (Lipinski definition) is 3. The molecule has 0 aromatic heterocycles. The van der Waals surface area contributed by atoms with Gasteiger partial charge in [0.1, 0.15) is 12.6 Å². The van der Waals surface area contributed by atoms with Crippen LogP contribution in [0.2, 0.25) is 0 Å². The van der Waals surface area contributed by atoms with E-state index in [-0.39, 0.29) is 12.5 Å². The molecule has 5 nitrogen and oxygen atoms in total. The van der Waals surface area contributed by atoms with Gasteiger partial charge in [-0.3, -0.25) is 9.59 Å². The summed E-state index contributed by atoms with van der Waals surface area (Å²) in [5.41, 5.74) is 6.39. The lowest BCUT2D eigenvalue weighted by Crippen LogP contribution is -2.46. The fourth-order valence-corrected chi connectivity index (χ4v) is 1.67. The Labute approximate surface area is 113 Å². The van der Waals surface area contributed by atoms with E-state index in [0.29, 0.717) is 19.4 Å². The molecule has 0 aliphatic heterocycles. The Morgan fingerprint density at radius 2 is 2.00 bits per heavy atom. The predicted octanol–water partition coefficient (Wildman–Crippen LogP) is 0.626. The highest BCUT2D eigenvalue weighted by Crippen LogP contribution is 2.05. The summed E-state index contributed by atoms with van der Waals surface area (Å²) in [5, 5.41) is 2.58. The predicted molar refractivity (Wildman–Crippen MR) is 72.4 cm³/mol. The average molecular weight is 264 g/mol. The largest absolute Gasteiger partial charge is 0.372 e. The molecule has 0 spiro atoms. The summed E-state index contributed by atoms with van der Waals surface area (Å²) in [6, 6.07) is 9.08. The summed E-state index contributed by atoms with van der Waals surface area (Å²) < 4.78 is 4.97. The molecule has 3 N–H and O–H groups in total. The van der Waals surface area contributed by atoms with Gasteiger partial charge < -0.3 is 15.8 Å². The van der Waals surface area contributed by atoms with E-state index in [9.17, 15) is 9.59 Å². The topological polar surface area (TPSA) is 81.4 Å². The molecule has 0 aliphatic carbocycles. The summed E-state index contributed by atoms with van der Waals surface area (Å²) in [4.78, 5) is 22.8. The van der Waals surface area contributed by atoms with E-state index in [1.807, 2.05) is 30.3 Å². The lowest BCUT2D eigenvalue weighted by atomic mass is 10.0. The number of carbonyl (C=O) groups excluding carboxylic acids is 2. The highest BCUT2D eigenvalue weighted by molar-refractivity contribution is 5.87. The number of nitrogens with one attached hydrogen (secondary N) is 1. The lowest BCUT2D eigenvalue weighted by Gasteiger charge is -2.15. The van der Waals surface area contributed by atoms with Crippen LogP contribution in [-0.2, 0) is 20.7 Å². The van der Waals surface area contributed by atoms with Crippen LogP contribution in [-0.4, -0.2) is 31.1 Å². The fraction of sp³-hybridized carbons (Fsp3) is 0.429. The van der Waals surface area contributed by atoms with Gasteiger partial charge >= 0.3 is 0 Å². The van der Waals surface area contributed by atoms with Crippen molar-refractivity contribution in [3.63, 3.8) is 0 Å². The molecule has 0 radical (unpaired) electrons. The van der Waals surface area contributed by atoms with Crippen LogP contribution in [0, 0.1) is 0 Å². The molecule has 0 bridgehead atoms. The van der Waals surface area contributed by atoms with Gasteiger partial charge in [0.2, 0.25) is 11.8 Å².